The Kier molecular flexibility index (Phi) is 4.97. The normalized spacial score (nSPS) is 10.8. The number of hydrogen-bond acceptors (Lipinski definition) is 3. The monoisotopic (exact) mass is 394 g/mol. The van der Waals surface area contributed by atoms with Crippen LogP contribution in [-0.4, -0.2) is 16.1 Å². The molecule has 1 heterocycles. The van der Waals surface area contributed by atoms with Gasteiger partial charge in [0.25, 0.3) is 0 Å². The average Bonchev–Trinajstić information content (AvgIpc) is 2.73. The lowest BCUT2D eigenvalue weighted by Gasteiger charge is -1.98. The lowest BCUT2D eigenvalue weighted by molar-refractivity contribution is 0.884. The Morgan fingerprint density at radius 3 is 2.47 bits per heavy atom. The summed E-state index contributed by atoms with van der Waals surface area (Å²) in [5, 5.41) is 10.4. The molecule has 0 saturated carbocycles. The fourth-order valence-electron chi connectivity index (χ4n) is 1.37. The number of rotatable bonds is 4. The summed E-state index contributed by atoms with van der Waals surface area (Å²) in [5.41, 5.74) is 1.07. The van der Waals surface area contributed by atoms with E-state index in [4.69, 9.17) is 11.6 Å². The van der Waals surface area contributed by atoms with Gasteiger partial charge in [0.05, 0.1) is 0 Å². The van der Waals surface area contributed by atoms with Crippen LogP contribution in [0.2, 0.25) is 0 Å². The molecule has 0 aliphatic heterocycles. The molecule has 0 atom stereocenters. The number of hydrogen-bond donors (Lipinski definition) is 0. The SMILES string of the molecule is ClCCCc1nnc(-c2cc(Br)cc(Br)c2)s1. The lowest BCUT2D eigenvalue weighted by atomic mass is 10.2. The quantitative estimate of drug-likeness (QED) is 0.687. The third-order valence-electron chi connectivity index (χ3n) is 2.10. The van der Waals surface area contributed by atoms with Crippen molar-refractivity contribution >= 4 is 54.8 Å². The third kappa shape index (κ3) is 3.74. The lowest BCUT2D eigenvalue weighted by Crippen LogP contribution is -1.84. The molecule has 0 spiro atoms. The van der Waals surface area contributed by atoms with Gasteiger partial charge in [-0.2, -0.15) is 0 Å². The van der Waals surface area contributed by atoms with Gasteiger partial charge in [-0.1, -0.05) is 43.2 Å². The fraction of sp³-hybridized carbons (Fsp3) is 0.273. The van der Waals surface area contributed by atoms with E-state index in [2.05, 4.69) is 42.1 Å². The van der Waals surface area contributed by atoms with Crippen LogP contribution in [0.1, 0.15) is 11.4 Å². The minimum absolute atomic E-state index is 0.664. The highest BCUT2D eigenvalue weighted by molar-refractivity contribution is 9.11. The second-order valence-electron chi connectivity index (χ2n) is 3.45. The van der Waals surface area contributed by atoms with E-state index < -0.39 is 0 Å². The van der Waals surface area contributed by atoms with Crippen LogP contribution >= 0.6 is 54.8 Å². The van der Waals surface area contributed by atoms with Crippen LogP contribution in [0.4, 0.5) is 0 Å². The van der Waals surface area contributed by atoms with E-state index in [-0.39, 0.29) is 0 Å². The molecule has 0 radical (unpaired) electrons. The van der Waals surface area contributed by atoms with Gasteiger partial charge in [0, 0.05) is 26.8 Å². The first-order valence-corrected chi connectivity index (χ1v) is 7.97. The van der Waals surface area contributed by atoms with E-state index in [1.807, 2.05) is 18.2 Å². The molecule has 0 amide bonds. The third-order valence-corrected chi connectivity index (χ3v) is 4.32. The van der Waals surface area contributed by atoms with Crippen molar-refractivity contribution in [2.45, 2.75) is 12.8 Å². The number of halogens is 3. The van der Waals surface area contributed by atoms with Gasteiger partial charge in [-0.25, -0.2) is 0 Å². The van der Waals surface area contributed by atoms with Crippen molar-refractivity contribution in [1.29, 1.82) is 0 Å². The molecule has 0 fully saturated rings. The van der Waals surface area contributed by atoms with Crippen molar-refractivity contribution in [3.8, 4) is 10.6 Å². The highest BCUT2D eigenvalue weighted by Gasteiger charge is 2.07. The van der Waals surface area contributed by atoms with Crippen molar-refractivity contribution in [2.24, 2.45) is 0 Å². The summed E-state index contributed by atoms with van der Waals surface area (Å²) in [6.07, 6.45) is 1.84. The number of alkyl halides is 1. The van der Waals surface area contributed by atoms with Crippen LogP contribution in [0.5, 0.6) is 0 Å². The maximum absolute atomic E-state index is 5.66. The molecule has 1 aromatic carbocycles. The number of aryl methyl sites for hydroxylation is 1. The summed E-state index contributed by atoms with van der Waals surface area (Å²) < 4.78 is 2.05. The zero-order valence-electron chi connectivity index (χ0n) is 8.79. The molecule has 17 heavy (non-hydrogen) atoms. The van der Waals surface area contributed by atoms with Gasteiger partial charge in [0.15, 0.2) is 0 Å². The standard InChI is InChI=1S/C11H9Br2ClN2S/c12-8-4-7(5-9(13)6-8)11-16-15-10(17-11)2-1-3-14/h4-6H,1-3H2. The maximum atomic E-state index is 5.66. The Hall–Kier alpha value is 0.0300. The molecule has 90 valence electrons. The van der Waals surface area contributed by atoms with Gasteiger partial charge in [0.1, 0.15) is 10.0 Å². The first kappa shape index (κ1) is 13.5. The largest absolute Gasteiger partial charge is 0.147 e. The molecule has 0 saturated heterocycles. The van der Waals surface area contributed by atoms with Crippen molar-refractivity contribution in [2.75, 3.05) is 5.88 Å². The Morgan fingerprint density at radius 1 is 1.12 bits per heavy atom. The molecule has 6 heteroatoms. The van der Waals surface area contributed by atoms with E-state index in [1.165, 1.54) is 0 Å². The summed E-state index contributed by atoms with van der Waals surface area (Å²) in [6.45, 7) is 0. The minimum Gasteiger partial charge on any atom is -0.143 e. The molecule has 0 unspecified atom stereocenters. The second-order valence-corrected chi connectivity index (χ2v) is 6.72. The van der Waals surface area contributed by atoms with Crippen LogP contribution in [0.15, 0.2) is 27.1 Å². The molecular weight excluding hydrogens is 387 g/mol. The fourth-order valence-corrected chi connectivity index (χ4v) is 3.66. The molecule has 2 rings (SSSR count). The molecule has 1 aromatic heterocycles. The molecule has 0 aliphatic carbocycles. The zero-order valence-corrected chi connectivity index (χ0v) is 13.5. The Balaban J connectivity index is 2.24. The summed E-state index contributed by atoms with van der Waals surface area (Å²) in [6, 6.07) is 6.08. The molecule has 2 nitrogen and oxygen atoms in total. The average molecular weight is 397 g/mol. The summed E-state index contributed by atoms with van der Waals surface area (Å²) in [4.78, 5) is 0. The predicted molar refractivity (Wildman–Crippen MR) is 79.8 cm³/mol. The van der Waals surface area contributed by atoms with E-state index in [0.717, 1.165) is 37.4 Å². The molecule has 2 aromatic rings. The number of benzene rings is 1. The number of aromatic nitrogens is 2. The van der Waals surface area contributed by atoms with Gasteiger partial charge in [-0.05, 0) is 24.6 Å². The Bertz CT molecular complexity index is 496. The van der Waals surface area contributed by atoms with E-state index in [0.29, 0.717) is 5.88 Å². The van der Waals surface area contributed by atoms with Crippen molar-refractivity contribution in [1.82, 2.24) is 10.2 Å². The molecular formula is C11H9Br2ClN2S. The van der Waals surface area contributed by atoms with Gasteiger partial charge in [-0.3, -0.25) is 0 Å². The van der Waals surface area contributed by atoms with Crippen LogP contribution in [0.3, 0.4) is 0 Å². The Morgan fingerprint density at radius 2 is 1.82 bits per heavy atom. The Labute approximate surface area is 126 Å². The van der Waals surface area contributed by atoms with Crippen LogP contribution < -0.4 is 0 Å². The van der Waals surface area contributed by atoms with Gasteiger partial charge >= 0.3 is 0 Å². The van der Waals surface area contributed by atoms with Gasteiger partial charge in [-0.15, -0.1) is 21.8 Å². The molecule has 0 aliphatic rings. The minimum atomic E-state index is 0.664. The van der Waals surface area contributed by atoms with E-state index in [1.54, 1.807) is 11.3 Å². The van der Waals surface area contributed by atoms with Gasteiger partial charge in [0.2, 0.25) is 0 Å². The van der Waals surface area contributed by atoms with Crippen LogP contribution in [-0.2, 0) is 6.42 Å². The van der Waals surface area contributed by atoms with Gasteiger partial charge < -0.3 is 0 Å². The summed E-state index contributed by atoms with van der Waals surface area (Å²) in [5.74, 6) is 0.664. The predicted octanol–water partition coefficient (Wildman–Crippen LogP) is 4.90. The topological polar surface area (TPSA) is 25.8 Å². The first-order valence-electron chi connectivity index (χ1n) is 5.04. The molecule has 0 N–H and O–H groups in total. The smallest absolute Gasteiger partial charge is 0.143 e. The highest BCUT2D eigenvalue weighted by atomic mass is 79.9. The van der Waals surface area contributed by atoms with E-state index >= 15 is 0 Å². The highest BCUT2D eigenvalue weighted by Crippen LogP contribution is 2.29. The zero-order chi connectivity index (χ0) is 12.3. The summed E-state index contributed by atoms with van der Waals surface area (Å²) >= 11 is 14.2. The van der Waals surface area contributed by atoms with Crippen molar-refractivity contribution < 1.29 is 0 Å². The first-order chi connectivity index (χ1) is 8.19. The maximum Gasteiger partial charge on any atom is 0.147 e. The number of nitrogens with zero attached hydrogens (tertiary/aromatic N) is 2. The van der Waals surface area contributed by atoms with Crippen molar-refractivity contribution in [3.63, 3.8) is 0 Å². The summed E-state index contributed by atoms with van der Waals surface area (Å²) in [7, 11) is 0. The van der Waals surface area contributed by atoms with Crippen LogP contribution in [0, 0.1) is 0 Å². The molecule has 0 bridgehead atoms. The van der Waals surface area contributed by atoms with Crippen molar-refractivity contribution in [3.05, 3.63) is 32.2 Å². The second kappa shape index (κ2) is 6.27. The van der Waals surface area contributed by atoms with E-state index in [9.17, 15) is 0 Å². The van der Waals surface area contributed by atoms with Crippen LogP contribution in [0.25, 0.3) is 10.6 Å².